The first-order valence-electron chi connectivity index (χ1n) is 11.7. The number of carbonyl (C=O) groups excluding carboxylic acids is 1. The number of aryl methyl sites for hydroxylation is 1. The third-order valence-corrected chi connectivity index (χ3v) is 5.70. The van der Waals surface area contributed by atoms with Crippen LogP contribution in [0.4, 0.5) is 20.3 Å². The minimum absolute atomic E-state index is 0.0833. The minimum atomic E-state index is -2.88. The average Bonchev–Trinajstić information content (AvgIpc) is 3.32. The summed E-state index contributed by atoms with van der Waals surface area (Å²) >= 11 is 0. The molecular formula is C26H28F2N6O3. The lowest BCUT2D eigenvalue weighted by Crippen LogP contribution is -2.31. The number of nitrogens with two attached hydrogens (primary N) is 1. The standard InChI is InChI=1S/C26H28F2N6O3/c1-17-15-19(5-8-21(17)25(35)33(2)12-14-36-13-9-29)32-23-24-31-16-22(34(24)11-10-30-23)18-3-6-20(7-4-18)37-26(27)28/h3-8,10-11,15-16,26H,9,12-14,29H2,1-2H3,(H,30,32). The molecule has 0 radical (unpaired) electrons. The molecule has 0 aliphatic heterocycles. The highest BCUT2D eigenvalue weighted by Crippen LogP contribution is 2.27. The van der Waals surface area contributed by atoms with Gasteiger partial charge in [-0.15, -0.1) is 0 Å². The number of aromatic nitrogens is 3. The molecule has 2 aromatic heterocycles. The van der Waals surface area contributed by atoms with E-state index in [0.717, 1.165) is 22.5 Å². The maximum absolute atomic E-state index is 12.8. The molecule has 0 fully saturated rings. The minimum Gasteiger partial charge on any atom is -0.435 e. The molecule has 0 spiro atoms. The number of hydrogen-bond donors (Lipinski definition) is 2. The number of likely N-dealkylation sites (N-methyl/N-ethyl adjacent to an activating group) is 1. The summed E-state index contributed by atoms with van der Waals surface area (Å²) in [5, 5.41) is 3.27. The Hall–Kier alpha value is -4.09. The number of alkyl halides is 2. The molecule has 194 valence electrons. The van der Waals surface area contributed by atoms with Crippen molar-refractivity contribution in [3.63, 3.8) is 0 Å². The van der Waals surface area contributed by atoms with Gasteiger partial charge in [0.05, 0.1) is 25.1 Å². The van der Waals surface area contributed by atoms with Gasteiger partial charge in [0.1, 0.15) is 5.75 Å². The van der Waals surface area contributed by atoms with Gasteiger partial charge >= 0.3 is 6.61 Å². The van der Waals surface area contributed by atoms with Crippen LogP contribution in [0.2, 0.25) is 0 Å². The highest BCUT2D eigenvalue weighted by Gasteiger charge is 2.16. The molecule has 3 N–H and O–H groups in total. The molecule has 37 heavy (non-hydrogen) atoms. The predicted octanol–water partition coefficient (Wildman–Crippen LogP) is 4.10. The highest BCUT2D eigenvalue weighted by molar-refractivity contribution is 5.96. The third kappa shape index (κ3) is 6.19. The van der Waals surface area contributed by atoms with Gasteiger partial charge in [-0.25, -0.2) is 9.97 Å². The van der Waals surface area contributed by atoms with E-state index in [9.17, 15) is 13.6 Å². The summed E-state index contributed by atoms with van der Waals surface area (Å²) in [6.45, 7) is 0.796. The first-order chi connectivity index (χ1) is 17.9. The van der Waals surface area contributed by atoms with Gasteiger partial charge in [-0.3, -0.25) is 9.20 Å². The normalized spacial score (nSPS) is 11.2. The monoisotopic (exact) mass is 510 g/mol. The zero-order valence-corrected chi connectivity index (χ0v) is 20.5. The Balaban J connectivity index is 1.50. The summed E-state index contributed by atoms with van der Waals surface area (Å²) < 4.78 is 36.5. The number of rotatable bonds is 11. The highest BCUT2D eigenvalue weighted by atomic mass is 19.3. The Morgan fingerprint density at radius 1 is 1.16 bits per heavy atom. The molecule has 4 aromatic rings. The zero-order valence-electron chi connectivity index (χ0n) is 20.5. The Labute approximate surface area is 212 Å². The Kier molecular flexibility index (Phi) is 8.26. The van der Waals surface area contributed by atoms with Crippen LogP contribution in [-0.2, 0) is 4.74 Å². The van der Waals surface area contributed by atoms with E-state index in [4.69, 9.17) is 10.5 Å². The summed E-state index contributed by atoms with van der Waals surface area (Å²) in [5.74, 6) is 0.516. The fourth-order valence-electron chi connectivity index (χ4n) is 3.84. The van der Waals surface area contributed by atoms with Crippen molar-refractivity contribution in [1.29, 1.82) is 0 Å². The summed E-state index contributed by atoms with van der Waals surface area (Å²) in [7, 11) is 1.74. The first-order valence-corrected chi connectivity index (χ1v) is 11.7. The Bertz CT molecular complexity index is 1360. The number of carbonyl (C=O) groups is 1. The van der Waals surface area contributed by atoms with Crippen LogP contribution in [0, 0.1) is 6.92 Å². The zero-order chi connectivity index (χ0) is 26.4. The van der Waals surface area contributed by atoms with Gasteiger partial charge in [0.15, 0.2) is 11.5 Å². The quantitative estimate of drug-likeness (QED) is 0.293. The molecule has 0 saturated heterocycles. The molecule has 0 unspecified atom stereocenters. The van der Waals surface area contributed by atoms with E-state index >= 15 is 0 Å². The van der Waals surface area contributed by atoms with Crippen molar-refractivity contribution in [2.45, 2.75) is 13.5 Å². The fourth-order valence-corrected chi connectivity index (χ4v) is 3.84. The summed E-state index contributed by atoms with van der Waals surface area (Å²) in [6.07, 6.45) is 5.10. The maximum Gasteiger partial charge on any atom is 0.387 e. The molecule has 9 nitrogen and oxygen atoms in total. The van der Waals surface area contributed by atoms with Crippen molar-refractivity contribution in [3.05, 3.63) is 72.2 Å². The van der Waals surface area contributed by atoms with Crippen molar-refractivity contribution in [2.75, 3.05) is 38.7 Å². The van der Waals surface area contributed by atoms with E-state index in [-0.39, 0.29) is 11.7 Å². The number of nitrogens with one attached hydrogen (secondary N) is 1. The SMILES string of the molecule is Cc1cc(Nc2nccn3c(-c4ccc(OC(F)F)cc4)cnc23)ccc1C(=O)N(C)CCOCCN. The molecule has 1 amide bonds. The van der Waals surface area contributed by atoms with Crippen molar-refractivity contribution in [3.8, 4) is 17.0 Å². The molecule has 2 aromatic carbocycles. The van der Waals surface area contributed by atoms with E-state index in [1.807, 2.05) is 23.5 Å². The fraction of sp³-hybridized carbons (Fsp3) is 0.269. The maximum atomic E-state index is 12.8. The smallest absolute Gasteiger partial charge is 0.387 e. The second-order valence-corrected chi connectivity index (χ2v) is 8.30. The molecule has 0 atom stereocenters. The lowest BCUT2D eigenvalue weighted by molar-refractivity contribution is -0.0498. The van der Waals surface area contributed by atoms with Gasteiger partial charge in [0, 0.05) is 49.3 Å². The third-order valence-electron chi connectivity index (χ3n) is 5.70. The van der Waals surface area contributed by atoms with E-state index < -0.39 is 6.61 Å². The van der Waals surface area contributed by atoms with Gasteiger partial charge < -0.3 is 25.4 Å². The van der Waals surface area contributed by atoms with E-state index in [1.54, 1.807) is 48.7 Å². The number of benzene rings is 2. The van der Waals surface area contributed by atoms with Crippen LogP contribution < -0.4 is 15.8 Å². The van der Waals surface area contributed by atoms with Crippen molar-refractivity contribution in [2.24, 2.45) is 5.73 Å². The number of halogens is 2. The van der Waals surface area contributed by atoms with Crippen LogP contribution in [0.5, 0.6) is 5.75 Å². The second kappa shape index (κ2) is 11.8. The van der Waals surface area contributed by atoms with Gasteiger partial charge in [0.2, 0.25) is 0 Å². The molecule has 11 heteroatoms. The number of imidazole rings is 1. The largest absolute Gasteiger partial charge is 0.435 e. The van der Waals surface area contributed by atoms with Crippen molar-refractivity contribution >= 4 is 23.1 Å². The first kappa shape index (κ1) is 26.0. The van der Waals surface area contributed by atoms with Crippen LogP contribution in [0.1, 0.15) is 15.9 Å². The molecule has 0 aliphatic rings. The molecule has 0 bridgehead atoms. The number of ether oxygens (including phenoxy) is 2. The number of anilines is 2. The Morgan fingerprint density at radius 2 is 1.95 bits per heavy atom. The number of amides is 1. The van der Waals surface area contributed by atoms with Gasteiger partial charge in [-0.05, 0) is 55.0 Å². The van der Waals surface area contributed by atoms with Crippen LogP contribution in [0.3, 0.4) is 0 Å². The molecule has 2 heterocycles. The Morgan fingerprint density at radius 3 is 2.65 bits per heavy atom. The van der Waals surface area contributed by atoms with E-state index in [1.165, 1.54) is 12.1 Å². The lowest BCUT2D eigenvalue weighted by atomic mass is 10.1. The van der Waals surface area contributed by atoms with Crippen molar-refractivity contribution < 1.29 is 23.0 Å². The molecule has 4 rings (SSSR count). The number of nitrogens with zero attached hydrogens (tertiary/aromatic N) is 4. The summed E-state index contributed by atoms with van der Waals surface area (Å²) in [5.41, 5.74) is 9.70. The topological polar surface area (TPSA) is 107 Å². The number of hydrogen-bond acceptors (Lipinski definition) is 7. The average molecular weight is 511 g/mol. The molecule has 0 saturated carbocycles. The summed E-state index contributed by atoms with van der Waals surface area (Å²) in [6, 6.07) is 11.8. The number of fused-ring (bicyclic) bond motifs is 1. The summed E-state index contributed by atoms with van der Waals surface area (Å²) in [4.78, 5) is 23.4. The van der Waals surface area contributed by atoms with Crippen LogP contribution in [-0.4, -0.2) is 65.1 Å². The van der Waals surface area contributed by atoms with Gasteiger partial charge in [0.25, 0.3) is 5.91 Å². The van der Waals surface area contributed by atoms with Gasteiger partial charge in [-0.1, -0.05) is 0 Å². The molecular weight excluding hydrogens is 482 g/mol. The van der Waals surface area contributed by atoms with Gasteiger partial charge in [-0.2, -0.15) is 8.78 Å². The second-order valence-electron chi connectivity index (χ2n) is 8.30. The van der Waals surface area contributed by atoms with Crippen molar-refractivity contribution in [1.82, 2.24) is 19.3 Å². The van der Waals surface area contributed by atoms with Crippen LogP contribution in [0.15, 0.2) is 61.1 Å². The molecule has 0 aliphatic carbocycles. The predicted molar refractivity (Wildman–Crippen MR) is 136 cm³/mol. The van der Waals surface area contributed by atoms with Crippen LogP contribution in [0.25, 0.3) is 16.9 Å². The van der Waals surface area contributed by atoms with Crippen LogP contribution >= 0.6 is 0 Å². The van der Waals surface area contributed by atoms with E-state index in [0.29, 0.717) is 43.3 Å². The van der Waals surface area contributed by atoms with E-state index in [2.05, 4.69) is 20.0 Å². The lowest BCUT2D eigenvalue weighted by Gasteiger charge is -2.19.